The van der Waals surface area contributed by atoms with Gasteiger partial charge in [0.15, 0.2) is 0 Å². The van der Waals surface area contributed by atoms with Gasteiger partial charge in [-0.05, 0) is 36.2 Å². The van der Waals surface area contributed by atoms with E-state index >= 15 is 0 Å². The standard InChI is InChI=1S/C26H31NO5/c1-4-5-16-32-21-13-11-20(12-14-21)24(28)22-23(18(2)19-9-7-6-8-10-19)27(15-17-31-3)26(30)25(22)29/h6-14,18,23,28H,4-5,15-17H2,1-3H3/b24-22+. The van der Waals surface area contributed by atoms with Gasteiger partial charge in [-0.15, -0.1) is 0 Å². The van der Waals surface area contributed by atoms with Crippen molar-refractivity contribution in [3.8, 4) is 5.75 Å². The first-order valence-electron chi connectivity index (χ1n) is 11.0. The highest BCUT2D eigenvalue weighted by molar-refractivity contribution is 6.46. The van der Waals surface area contributed by atoms with Crippen molar-refractivity contribution in [2.75, 3.05) is 26.9 Å². The van der Waals surface area contributed by atoms with E-state index in [1.54, 1.807) is 31.4 Å². The number of Topliss-reactive ketones (excluding diaryl/α,β-unsaturated/α-hetero) is 1. The zero-order valence-corrected chi connectivity index (χ0v) is 18.9. The summed E-state index contributed by atoms with van der Waals surface area (Å²) in [6.45, 7) is 5.25. The van der Waals surface area contributed by atoms with E-state index in [0.29, 0.717) is 24.5 Å². The molecule has 0 saturated carbocycles. The number of aliphatic hydroxyl groups is 1. The molecule has 0 radical (unpaired) electrons. The maximum atomic E-state index is 13.0. The Morgan fingerprint density at radius 3 is 2.38 bits per heavy atom. The summed E-state index contributed by atoms with van der Waals surface area (Å²) in [6.07, 6.45) is 2.01. The van der Waals surface area contributed by atoms with Crippen LogP contribution in [-0.2, 0) is 14.3 Å². The molecule has 0 aromatic heterocycles. The Bertz CT molecular complexity index is 952. The molecule has 6 nitrogen and oxygen atoms in total. The SMILES string of the molecule is CCCCOc1ccc(/C(O)=C2\C(=O)C(=O)N(CCOC)C2C(C)c2ccccc2)cc1. The molecule has 0 bridgehead atoms. The Morgan fingerprint density at radius 1 is 1.06 bits per heavy atom. The molecule has 32 heavy (non-hydrogen) atoms. The van der Waals surface area contributed by atoms with Crippen LogP contribution in [0.2, 0.25) is 0 Å². The third-order valence-electron chi connectivity index (χ3n) is 5.82. The summed E-state index contributed by atoms with van der Waals surface area (Å²) < 4.78 is 10.8. The lowest BCUT2D eigenvalue weighted by Gasteiger charge is -2.30. The van der Waals surface area contributed by atoms with E-state index in [4.69, 9.17) is 9.47 Å². The van der Waals surface area contributed by atoms with E-state index in [1.807, 2.05) is 37.3 Å². The Morgan fingerprint density at radius 2 is 1.75 bits per heavy atom. The molecule has 170 valence electrons. The Labute approximate surface area is 189 Å². The van der Waals surface area contributed by atoms with E-state index in [1.165, 1.54) is 4.90 Å². The van der Waals surface area contributed by atoms with E-state index in [9.17, 15) is 14.7 Å². The number of hydrogen-bond acceptors (Lipinski definition) is 5. The summed E-state index contributed by atoms with van der Waals surface area (Å²) in [6, 6.07) is 16.0. The number of unbranched alkanes of at least 4 members (excludes halogenated alkanes) is 1. The molecular formula is C26H31NO5. The van der Waals surface area contributed by atoms with Crippen LogP contribution in [0.5, 0.6) is 5.75 Å². The highest BCUT2D eigenvalue weighted by atomic mass is 16.5. The van der Waals surface area contributed by atoms with Crippen molar-refractivity contribution in [3.05, 3.63) is 71.3 Å². The lowest BCUT2D eigenvalue weighted by molar-refractivity contribution is -0.140. The predicted molar refractivity (Wildman–Crippen MR) is 124 cm³/mol. The second kappa shape index (κ2) is 11.0. The van der Waals surface area contributed by atoms with Gasteiger partial charge in [-0.25, -0.2) is 0 Å². The molecule has 2 aromatic carbocycles. The fourth-order valence-electron chi connectivity index (χ4n) is 4.00. The number of nitrogens with zero attached hydrogens (tertiary/aromatic N) is 1. The van der Waals surface area contributed by atoms with Crippen molar-refractivity contribution in [1.29, 1.82) is 0 Å². The monoisotopic (exact) mass is 437 g/mol. The van der Waals surface area contributed by atoms with Crippen molar-refractivity contribution >= 4 is 17.4 Å². The minimum Gasteiger partial charge on any atom is -0.507 e. The Hall–Kier alpha value is -3.12. The minimum absolute atomic E-state index is 0.127. The van der Waals surface area contributed by atoms with Gasteiger partial charge in [-0.2, -0.15) is 0 Å². The summed E-state index contributed by atoms with van der Waals surface area (Å²) >= 11 is 0. The normalized spacial score (nSPS) is 18.7. The molecule has 1 N–H and O–H groups in total. The number of hydrogen-bond donors (Lipinski definition) is 1. The quantitative estimate of drug-likeness (QED) is 0.259. The number of benzene rings is 2. The van der Waals surface area contributed by atoms with Gasteiger partial charge >= 0.3 is 0 Å². The highest BCUT2D eigenvalue weighted by Crippen LogP contribution is 2.37. The third kappa shape index (κ3) is 5.02. The van der Waals surface area contributed by atoms with Gasteiger partial charge in [0, 0.05) is 25.1 Å². The van der Waals surface area contributed by atoms with Gasteiger partial charge in [-0.3, -0.25) is 9.59 Å². The molecule has 2 aromatic rings. The molecule has 1 aliphatic heterocycles. The van der Waals surface area contributed by atoms with Crippen molar-refractivity contribution in [2.45, 2.75) is 38.6 Å². The van der Waals surface area contributed by atoms with E-state index in [2.05, 4.69) is 6.92 Å². The predicted octanol–water partition coefficient (Wildman–Crippen LogP) is 4.36. The number of ketones is 1. The van der Waals surface area contributed by atoms with Crippen molar-refractivity contribution in [2.24, 2.45) is 0 Å². The maximum Gasteiger partial charge on any atom is 0.295 e. The molecule has 0 aliphatic carbocycles. The van der Waals surface area contributed by atoms with Gasteiger partial charge in [0.1, 0.15) is 11.5 Å². The molecule has 1 heterocycles. The topological polar surface area (TPSA) is 76.1 Å². The smallest absolute Gasteiger partial charge is 0.295 e. The lowest BCUT2D eigenvalue weighted by Crippen LogP contribution is -2.39. The molecule has 1 fully saturated rings. The van der Waals surface area contributed by atoms with Gasteiger partial charge in [0.2, 0.25) is 0 Å². The van der Waals surface area contributed by atoms with E-state index in [-0.39, 0.29) is 23.8 Å². The first-order chi connectivity index (χ1) is 15.5. The van der Waals surface area contributed by atoms with Crippen LogP contribution in [0.15, 0.2) is 60.2 Å². The van der Waals surface area contributed by atoms with Gasteiger partial charge < -0.3 is 19.5 Å². The number of carbonyl (C=O) groups excluding carboxylic acids is 2. The summed E-state index contributed by atoms with van der Waals surface area (Å²) in [7, 11) is 1.55. The minimum atomic E-state index is -0.672. The molecule has 1 aliphatic rings. The molecule has 2 atom stereocenters. The molecule has 2 unspecified atom stereocenters. The average molecular weight is 438 g/mol. The molecule has 3 rings (SSSR count). The van der Waals surface area contributed by atoms with Crippen molar-refractivity contribution < 1.29 is 24.2 Å². The first kappa shape index (κ1) is 23.5. The van der Waals surface area contributed by atoms with Crippen LogP contribution in [0.1, 0.15) is 43.7 Å². The third-order valence-corrected chi connectivity index (χ3v) is 5.82. The first-order valence-corrected chi connectivity index (χ1v) is 11.0. The summed E-state index contributed by atoms with van der Waals surface area (Å²) in [5, 5.41) is 11.1. The maximum absolute atomic E-state index is 13.0. The van der Waals surface area contributed by atoms with E-state index < -0.39 is 17.7 Å². The molecule has 6 heteroatoms. The van der Waals surface area contributed by atoms with Gasteiger partial charge in [-0.1, -0.05) is 50.6 Å². The number of likely N-dealkylation sites (tertiary alicyclic amines) is 1. The zero-order chi connectivity index (χ0) is 23.1. The van der Waals surface area contributed by atoms with Crippen LogP contribution in [0, 0.1) is 0 Å². The summed E-state index contributed by atoms with van der Waals surface area (Å²) in [4.78, 5) is 27.4. The van der Waals surface area contributed by atoms with Crippen LogP contribution in [0.4, 0.5) is 0 Å². The van der Waals surface area contributed by atoms with Crippen molar-refractivity contribution in [1.82, 2.24) is 4.90 Å². The largest absolute Gasteiger partial charge is 0.507 e. The Kier molecular flexibility index (Phi) is 8.06. The number of carbonyl (C=O) groups is 2. The molecule has 0 spiro atoms. The molecule has 1 saturated heterocycles. The summed E-state index contributed by atoms with van der Waals surface area (Å²) in [5.74, 6) is -0.955. The fourth-order valence-corrected chi connectivity index (χ4v) is 4.00. The number of aliphatic hydroxyl groups excluding tert-OH is 1. The molecule has 1 amide bonds. The van der Waals surface area contributed by atoms with Crippen LogP contribution in [0.3, 0.4) is 0 Å². The van der Waals surface area contributed by atoms with Crippen LogP contribution < -0.4 is 4.74 Å². The highest BCUT2D eigenvalue weighted by Gasteiger charge is 2.47. The number of rotatable bonds is 10. The second-order valence-electron chi connectivity index (χ2n) is 7.95. The van der Waals surface area contributed by atoms with E-state index in [0.717, 1.165) is 18.4 Å². The second-order valence-corrected chi connectivity index (χ2v) is 7.95. The van der Waals surface area contributed by atoms with Crippen LogP contribution >= 0.6 is 0 Å². The van der Waals surface area contributed by atoms with Gasteiger partial charge in [0.25, 0.3) is 11.7 Å². The van der Waals surface area contributed by atoms with Gasteiger partial charge in [0.05, 0.1) is 24.8 Å². The number of methoxy groups -OCH3 is 1. The summed E-state index contributed by atoms with van der Waals surface area (Å²) in [5.41, 5.74) is 1.58. The zero-order valence-electron chi connectivity index (χ0n) is 18.9. The fraction of sp³-hybridized carbons (Fsp3) is 0.385. The van der Waals surface area contributed by atoms with Crippen molar-refractivity contribution in [3.63, 3.8) is 0 Å². The molecular weight excluding hydrogens is 406 g/mol. The number of ether oxygens (including phenoxy) is 2. The van der Waals surface area contributed by atoms with Crippen LogP contribution in [0.25, 0.3) is 5.76 Å². The Balaban J connectivity index is 1.99. The number of amides is 1. The average Bonchev–Trinajstić information content (AvgIpc) is 3.07. The lowest BCUT2D eigenvalue weighted by atomic mass is 9.87. The van der Waals surface area contributed by atoms with Crippen LogP contribution in [-0.4, -0.2) is 54.6 Å².